The van der Waals surface area contributed by atoms with Gasteiger partial charge in [0.15, 0.2) is 6.61 Å². The van der Waals surface area contributed by atoms with Crippen LogP contribution in [0.5, 0.6) is 0 Å². The topological polar surface area (TPSA) is 82.5 Å². The summed E-state index contributed by atoms with van der Waals surface area (Å²) < 4.78 is 22.6. The van der Waals surface area contributed by atoms with Gasteiger partial charge in [-0.25, -0.2) is 9.18 Å². The normalized spacial score (nSPS) is 10.2. The van der Waals surface area contributed by atoms with E-state index in [9.17, 15) is 14.0 Å². The number of furan rings is 1. The van der Waals surface area contributed by atoms with Crippen LogP contribution < -0.4 is 5.73 Å². The highest BCUT2D eigenvalue weighted by Gasteiger charge is 2.14. The van der Waals surface area contributed by atoms with Gasteiger partial charge in [-0.15, -0.1) is 0 Å². The van der Waals surface area contributed by atoms with Crippen LogP contribution in [0, 0.1) is 5.82 Å². The van der Waals surface area contributed by atoms with Gasteiger partial charge in [-0.1, -0.05) is 0 Å². The van der Waals surface area contributed by atoms with Crippen molar-refractivity contribution in [3.63, 3.8) is 0 Å². The predicted octanol–water partition coefficient (Wildman–Crippen LogP) is 1.73. The van der Waals surface area contributed by atoms with Crippen molar-refractivity contribution in [2.75, 3.05) is 6.61 Å². The molecule has 1 aromatic heterocycles. The highest BCUT2D eigenvalue weighted by molar-refractivity contribution is 5.89. The lowest BCUT2D eigenvalue weighted by atomic mass is 10.2. The van der Waals surface area contributed by atoms with E-state index in [1.807, 2.05) is 0 Å². The molecule has 1 aromatic carbocycles. The summed E-state index contributed by atoms with van der Waals surface area (Å²) in [5.41, 5.74) is 5.47. The monoisotopic (exact) mass is 263 g/mol. The summed E-state index contributed by atoms with van der Waals surface area (Å²) >= 11 is 0. The molecule has 0 atom stereocenters. The zero-order chi connectivity index (χ0) is 13.8. The quantitative estimate of drug-likeness (QED) is 0.851. The van der Waals surface area contributed by atoms with Crippen LogP contribution in [0.25, 0.3) is 11.3 Å². The van der Waals surface area contributed by atoms with Crippen molar-refractivity contribution < 1.29 is 23.1 Å². The standard InChI is InChI=1S/C13H10FNO4/c14-9-3-1-8(2-4-9)10-5-6-11(19-10)13(17)18-7-12(15)16/h1-6H,7H2,(H2,15,16). The Balaban J connectivity index is 2.12. The van der Waals surface area contributed by atoms with E-state index in [2.05, 4.69) is 4.74 Å². The second kappa shape index (κ2) is 5.34. The molecule has 5 nitrogen and oxygen atoms in total. The van der Waals surface area contributed by atoms with E-state index in [0.717, 1.165) is 0 Å². The van der Waals surface area contributed by atoms with Gasteiger partial charge >= 0.3 is 5.97 Å². The number of halogens is 1. The Morgan fingerprint density at radius 3 is 2.47 bits per heavy atom. The first kappa shape index (κ1) is 12.8. The maximum Gasteiger partial charge on any atom is 0.374 e. The number of hydrogen-bond donors (Lipinski definition) is 1. The number of esters is 1. The highest BCUT2D eigenvalue weighted by Crippen LogP contribution is 2.22. The average Bonchev–Trinajstić information content (AvgIpc) is 2.86. The molecule has 0 aliphatic rings. The van der Waals surface area contributed by atoms with Crippen molar-refractivity contribution in [1.29, 1.82) is 0 Å². The number of nitrogens with two attached hydrogens (primary N) is 1. The van der Waals surface area contributed by atoms with Crippen molar-refractivity contribution in [2.45, 2.75) is 0 Å². The van der Waals surface area contributed by atoms with E-state index >= 15 is 0 Å². The van der Waals surface area contributed by atoms with Crippen LogP contribution in [-0.2, 0) is 9.53 Å². The second-order valence-electron chi connectivity index (χ2n) is 3.71. The van der Waals surface area contributed by atoms with Crippen LogP contribution in [0.4, 0.5) is 4.39 Å². The molecule has 0 aliphatic heterocycles. The Hall–Kier alpha value is -2.63. The van der Waals surface area contributed by atoms with E-state index in [4.69, 9.17) is 10.2 Å². The van der Waals surface area contributed by atoms with Crippen LogP contribution in [-0.4, -0.2) is 18.5 Å². The van der Waals surface area contributed by atoms with Gasteiger partial charge in [0.2, 0.25) is 5.76 Å². The summed E-state index contributed by atoms with van der Waals surface area (Å²) in [5.74, 6) is -1.56. The van der Waals surface area contributed by atoms with Crippen molar-refractivity contribution in [1.82, 2.24) is 0 Å². The van der Waals surface area contributed by atoms with E-state index in [-0.39, 0.29) is 11.6 Å². The predicted molar refractivity (Wildman–Crippen MR) is 63.6 cm³/mol. The highest BCUT2D eigenvalue weighted by atomic mass is 19.1. The Kier molecular flexibility index (Phi) is 3.61. The first-order chi connectivity index (χ1) is 9.06. The molecule has 6 heteroatoms. The van der Waals surface area contributed by atoms with E-state index < -0.39 is 18.5 Å². The number of ether oxygens (including phenoxy) is 1. The molecule has 0 bridgehead atoms. The lowest BCUT2D eigenvalue weighted by molar-refractivity contribution is -0.121. The van der Waals surface area contributed by atoms with Crippen LogP contribution in [0.2, 0.25) is 0 Å². The Morgan fingerprint density at radius 1 is 1.16 bits per heavy atom. The van der Waals surface area contributed by atoms with Crippen LogP contribution in [0.1, 0.15) is 10.6 Å². The van der Waals surface area contributed by atoms with E-state index in [0.29, 0.717) is 11.3 Å². The van der Waals surface area contributed by atoms with Gasteiger partial charge in [0.05, 0.1) is 0 Å². The lowest BCUT2D eigenvalue weighted by Gasteiger charge is -1.99. The number of benzene rings is 1. The molecule has 2 rings (SSSR count). The van der Waals surface area contributed by atoms with Gasteiger partial charge in [-0.3, -0.25) is 4.79 Å². The number of hydrogen-bond acceptors (Lipinski definition) is 4. The summed E-state index contributed by atoms with van der Waals surface area (Å²) in [5, 5.41) is 0. The smallest absolute Gasteiger partial charge is 0.374 e. The van der Waals surface area contributed by atoms with E-state index in [1.165, 1.54) is 30.3 Å². The maximum absolute atomic E-state index is 12.8. The molecular formula is C13H10FNO4. The summed E-state index contributed by atoms with van der Waals surface area (Å²) in [7, 11) is 0. The van der Waals surface area contributed by atoms with Gasteiger partial charge in [0.1, 0.15) is 11.6 Å². The molecule has 0 unspecified atom stereocenters. The third-order valence-corrected chi connectivity index (χ3v) is 2.28. The Morgan fingerprint density at radius 2 is 1.84 bits per heavy atom. The summed E-state index contributed by atoms with van der Waals surface area (Å²) in [6.45, 7) is -0.509. The van der Waals surface area contributed by atoms with Gasteiger partial charge in [0, 0.05) is 5.56 Å². The minimum atomic E-state index is -0.785. The molecule has 0 saturated carbocycles. The zero-order valence-corrected chi connectivity index (χ0v) is 9.76. The van der Waals surface area contributed by atoms with Crippen molar-refractivity contribution in [2.24, 2.45) is 5.73 Å². The number of rotatable bonds is 4. The molecule has 0 saturated heterocycles. The van der Waals surface area contributed by atoms with Gasteiger partial charge in [-0.2, -0.15) is 0 Å². The Bertz CT molecular complexity index is 603. The molecule has 2 N–H and O–H groups in total. The number of amides is 1. The lowest BCUT2D eigenvalue weighted by Crippen LogP contribution is -2.20. The third kappa shape index (κ3) is 3.19. The second-order valence-corrected chi connectivity index (χ2v) is 3.71. The third-order valence-electron chi connectivity index (χ3n) is 2.28. The molecule has 2 aromatic rings. The molecule has 0 fully saturated rings. The zero-order valence-electron chi connectivity index (χ0n) is 9.76. The average molecular weight is 263 g/mol. The maximum atomic E-state index is 12.8. The Labute approximate surface area is 107 Å². The van der Waals surface area contributed by atoms with Gasteiger partial charge in [-0.05, 0) is 36.4 Å². The fourth-order valence-electron chi connectivity index (χ4n) is 1.42. The SMILES string of the molecule is NC(=O)COC(=O)c1ccc(-c2ccc(F)cc2)o1. The molecule has 1 amide bonds. The first-order valence-corrected chi connectivity index (χ1v) is 5.37. The summed E-state index contributed by atoms with van der Waals surface area (Å²) in [6.07, 6.45) is 0. The molecular weight excluding hydrogens is 253 g/mol. The molecule has 98 valence electrons. The summed E-state index contributed by atoms with van der Waals surface area (Å²) in [4.78, 5) is 21.9. The fourth-order valence-corrected chi connectivity index (χ4v) is 1.42. The van der Waals surface area contributed by atoms with E-state index in [1.54, 1.807) is 6.07 Å². The van der Waals surface area contributed by atoms with Crippen LogP contribution in [0.15, 0.2) is 40.8 Å². The van der Waals surface area contributed by atoms with Gasteiger partial charge in [0.25, 0.3) is 5.91 Å². The van der Waals surface area contributed by atoms with Crippen molar-refractivity contribution in [3.8, 4) is 11.3 Å². The molecule has 0 spiro atoms. The molecule has 0 aliphatic carbocycles. The molecule has 19 heavy (non-hydrogen) atoms. The fraction of sp³-hybridized carbons (Fsp3) is 0.0769. The largest absolute Gasteiger partial charge is 0.450 e. The van der Waals surface area contributed by atoms with Crippen molar-refractivity contribution in [3.05, 3.63) is 48.0 Å². The number of carbonyl (C=O) groups excluding carboxylic acids is 2. The minimum Gasteiger partial charge on any atom is -0.450 e. The molecule has 0 radical (unpaired) electrons. The van der Waals surface area contributed by atoms with Crippen LogP contribution in [0.3, 0.4) is 0 Å². The van der Waals surface area contributed by atoms with Gasteiger partial charge < -0.3 is 14.9 Å². The summed E-state index contributed by atoms with van der Waals surface area (Å²) in [6, 6.07) is 8.56. The van der Waals surface area contributed by atoms with Crippen molar-refractivity contribution >= 4 is 11.9 Å². The number of carbonyl (C=O) groups is 2. The number of primary amides is 1. The molecule has 1 heterocycles. The van der Waals surface area contributed by atoms with Crippen LogP contribution >= 0.6 is 0 Å². The minimum absolute atomic E-state index is 0.0550. The first-order valence-electron chi connectivity index (χ1n) is 5.37.